The quantitative estimate of drug-likeness (QED) is 0.637. The van der Waals surface area contributed by atoms with Crippen LogP contribution < -0.4 is 5.73 Å². The molecule has 0 saturated heterocycles. The molecule has 0 saturated carbocycles. The molecule has 13 heavy (non-hydrogen) atoms. The molecule has 1 aliphatic rings. The van der Waals surface area contributed by atoms with Crippen molar-refractivity contribution in [2.24, 2.45) is 5.73 Å². The van der Waals surface area contributed by atoms with Crippen LogP contribution in [0.2, 0.25) is 0 Å². The first-order valence-electron chi connectivity index (χ1n) is 4.44. The molecule has 0 unspecified atom stereocenters. The van der Waals surface area contributed by atoms with Crippen LogP contribution in [0.4, 0.5) is 0 Å². The fraction of sp³-hybridized carbons (Fsp3) is 0.167. The van der Waals surface area contributed by atoms with Crippen LogP contribution in [0.5, 0.6) is 0 Å². The summed E-state index contributed by atoms with van der Waals surface area (Å²) in [4.78, 5) is 0. The normalized spacial score (nSPS) is 18.0. The lowest BCUT2D eigenvalue weighted by Gasteiger charge is -2.12. The third kappa shape index (κ3) is 1.70. The molecular formula is C12H13N. The van der Waals surface area contributed by atoms with E-state index in [0.717, 1.165) is 0 Å². The molecule has 66 valence electrons. The average Bonchev–Trinajstić information content (AvgIpc) is 2.27. The van der Waals surface area contributed by atoms with Gasteiger partial charge in [0.15, 0.2) is 0 Å². The third-order valence-corrected chi connectivity index (χ3v) is 2.24. The second kappa shape index (κ2) is 2.86. The molecule has 1 aromatic rings. The molecule has 0 bridgehead atoms. The summed E-state index contributed by atoms with van der Waals surface area (Å²) in [5, 5.41) is 0. The van der Waals surface area contributed by atoms with Crippen LogP contribution in [0.15, 0.2) is 36.4 Å². The second-order valence-electron chi connectivity index (χ2n) is 3.66. The minimum atomic E-state index is -0.320. The first-order valence-corrected chi connectivity index (χ1v) is 4.44. The van der Waals surface area contributed by atoms with E-state index in [4.69, 9.17) is 5.73 Å². The summed E-state index contributed by atoms with van der Waals surface area (Å²) in [7, 11) is 0. The Bertz CT molecular complexity index is 337. The molecule has 1 nitrogen and oxygen atoms in total. The van der Waals surface area contributed by atoms with Crippen molar-refractivity contribution in [1.29, 1.82) is 0 Å². The van der Waals surface area contributed by atoms with E-state index in [1.165, 1.54) is 11.1 Å². The number of rotatable bonds is 0. The summed E-state index contributed by atoms with van der Waals surface area (Å²) in [5.74, 6) is 0. The van der Waals surface area contributed by atoms with Gasteiger partial charge in [0.05, 0.1) is 5.54 Å². The van der Waals surface area contributed by atoms with Crippen molar-refractivity contribution in [2.45, 2.75) is 12.5 Å². The van der Waals surface area contributed by atoms with Crippen molar-refractivity contribution < 1.29 is 0 Å². The predicted molar refractivity (Wildman–Crippen MR) is 57.1 cm³/mol. The Morgan fingerprint density at radius 2 is 1.46 bits per heavy atom. The zero-order valence-corrected chi connectivity index (χ0v) is 7.70. The van der Waals surface area contributed by atoms with Crippen LogP contribution in [0, 0.1) is 0 Å². The zero-order chi connectivity index (χ0) is 9.31. The number of fused-ring (bicyclic) bond motifs is 1. The molecule has 2 N–H and O–H groups in total. The Kier molecular flexibility index (Phi) is 1.82. The second-order valence-corrected chi connectivity index (χ2v) is 3.66. The van der Waals surface area contributed by atoms with E-state index >= 15 is 0 Å². The highest BCUT2D eigenvalue weighted by molar-refractivity contribution is 5.69. The fourth-order valence-corrected chi connectivity index (χ4v) is 1.41. The fourth-order valence-electron chi connectivity index (χ4n) is 1.41. The van der Waals surface area contributed by atoms with Gasteiger partial charge in [0.2, 0.25) is 0 Å². The molecule has 0 fully saturated rings. The first kappa shape index (κ1) is 8.27. The summed E-state index contributed by atoms with van der Waals surface area (Å²) in [5.41, 5.74) is 8.12. The Hall–Kier alpha value is -1.34. The van der Waals surface area contributed by atoms with Crippen LogP contribution in [0.25, 0.3) is 12.2 Å². The van der Waals surface area contributed by atoms with Crippen LogP contribution in [0.3, 0.4) is 0 Å². The van der Waals surface area contributed by atoms with Crippen LogP contribution in [-0.2, 0) is 0 Å². The maximum atomic E-state index is 5.98. The molecule has 1 aliphatic carbocycles. The third-order valence-electron chi connectivity index (χ3n) is 2.24. The summed E-state index contributed by atoms with van der Waals surface area (Å²) in [6.45, 7) is 1.99. The van der Waals surface area contributed by atoms with Crippen molar-refractivity contribution in [2.75, 3.05) is 0 Å². The minimum Gasteiger partial charge on any atom is -0.319 e. The van der Waals surface area contributed by atoms with Gasteiger partial charge in [-0.15, -0.1) is 0 Å². The highest BCUT2D eigenvalue weighted by atomic mass is 14.7. The van der Waals surface area contributed by atoms with E-state index in [2.05, 4.69) is 24.3 Å². The molecule has 0 radical (unpaired) electrons. The van der Waals surface area contributed by atoms with E-state index in [1.54, 1.807) is 0 Å². The monoisotopic (exact) mass is 171 g/mol. The summed E-state index contributed by atoms with van der Waals surface area (Å²) in [6.07, 6.45) is 8.20. The molecule has 0 aromatic heterocycles. The zero-order valence-electron chi connectivity index (χ0n) is 7.70. The van der Waals surface area contributed by atoms with E-state index in [0.29, 0.717) is 0 Å². The van der Waals surface area contributed by atoms with Crippen molar-refractivity contribution >= 4 is 12.2 Å². The number of benzene rings is 1. The molecule has 1 heteroatoms. The Labute approximate surface area is 78.6 Å². The van der Waals surface area contributed by atoms with Crippen LogP contribution in [0.1, 0.15) is 18.1 Å². The molecule has 0 heterocycles. The Balaban J connectivity index is 2.53. The molecule has 1 aromatic carbocycles. The first-order chi connectivity index (χ1) is 6.17. The summed E-state index contributed by atoms with van der Waals surface area (Å²) in [6, 6.07) is 8.27. The SMILES string of the molecule is CC1(N)C=Cc2ccccc2C=C1. The standard InChI is InChI=1S/C12H13N/c1-12(13)8-6-10-4-2-3-5-11(10)7-9-12/h2-9H,13H2,1H3. The van der Waals surface area contributed by atoms with E-state index in [1.807, 2.05) is 31.2 Å². The predicted octanol–water partition coefficient (Wildman–Crippen LogP) is 2.44. The lowest BCUT2D eigenvalue weighted by molar-refractivity contribution is 0.743. The van der Waals surface area contributed by atoms with E-state index in [-0.39, 0.29) is 5.54 Å². The average molecular weight is 171 g/mol. The van der Waals surface area contributed by atoms with Gasteiger partial charge < -0.3 is 5.73 Å². The van der Waals surface area contributed by atoms with Crippen LogP contribution in [-0.4, -0.2) is 5.54 Å². The van der Waals surface area contributed by atoms with Gasteiger partial charge in [0.1, 0.15) is 0 Å². The Morgan fingerprint density at radius 1 is 1.00 bits per heavy atom. The lowest BCUT2D eigenvalue weighted by atomic mass is 10.0. The van der Waals surface area contributed by atoms with Gasteiger partial charge in [-0.05, 0) is 18.1 Å². The van der Waals surface area contributed by atoms with Crippen molar-refractivity contribution in [3.63, 3.8) is 0 Å². The minimum absolute atomic E-state index is 0.320. The van der Waals surface area contributed by atoms with Gasteiger partial charge in [-0.25, -0.2) is 0 Å². The summed E-state index contributed by atoms with van der Waals surface area (Å²) >= 11 is 0. The van der Waals surface area contributed by atoms with Crippen molar-refractivity contribution in [3.05, 3.63) is 47.5 Å². The number of nitrogens with two attached hydrogens (primary N) is 1. The molecule has 0 spiro atoms. The van der Waals surface area contributed by atoms with Gasteiger partial charge in [0, 0.05) is 0 Å². The van der Waals surface area contributed by atoms with Gasteiger partial charge in [0.25, 0.3) is 0 Å². The topological polar surface area (TPSA) is 26.0 Å². The van der Waals surface area contributed by atoms with E-state index in [9.17, 15) is 0 Å². The molecular weight excluding hydrogens is 158 g/mol. The number of hydrogen-bond donors (Lipinski definition) is 1. The van der Waals surface area contributed by atoms with Gasteiger partial charge >= 0.3 is 0 Å². The highest BCUT2D eigenvalue weighted by Crippen LogP contribution is 2.19. The van der Waals surface area contributed by atoms with Crippen molar-refractivity contribution in [1.82, 2.24) is 0 Å². The van der Waals surface area contributed by atoms with Gasteiger partial charge in [-0.1, -0.05) is 48.6 Å². The van der Waals surface area contributed by atoms with E-state index < -0.39 is 0 Å². The van der Waals surface area contributed by atoms with Gasteiger partial charge in [-0.3, -0.25) is 0 Å². The smallest absolute Gasteiger partial charge is 0.0502 e. The maximum absolute atomic E-state index is 5.98. The van der Waals surface area contributed by atoms with Crippen LogP contribution >= 0.6 is 0 Å². The Morgan fingerprint density at radius 3 is 1.92 bits per heavy atom. The largest absolute Gasteiger partial charge is 0.319 e. The lowest BCUT2D eigenvalue weighted by Crippen LogP contribution is -2.29. The summed E-state index contributed by atoms with van der Waals surface area (Å²) < 4.78 is 0. The number of hydrogen-bond acceptors (Lipinski definition) is 1. The molecule has 2 rings (SSSR count). The molecule has 0 amide bonds. The molecule has 0 atom stereocenters. The molecule has 0 aliphatic heterocycles. The van der Waals surface area contributed by atoms with Crippen molar-refractivity contribution in [3.8, 4) is 0 Å². The maximum Gasteiger partial charge on any atom is 0.0502 e. The highest BCUT2D eigenvalue weighted by Gasteiger charge is 2.11. The van der Waals surface area contributed by atoms with Gasteiger partial charge in [-0.2, -0.15) is 0 Å².